The fourth-order valence-corrected chi connectivity index (χ4v) is 5.77. The largest absolute Gasteiger partial charge is 0.443 e. The van der Waals surface area contributed by atoms with E-state index < -0.39 is 18.0 Å². The number of benzene rings is 1. The molecule has 230 valence electrons. The molecule has 3 N–H and O–H groups in total. The number of carbonyl (C=O) groups is 4. The Kier molecular flexibility index (Phi) is 11.0. The number of hydrogen-bond acceptors (Lipinski definition) is 9. The lowest BCUT2D eigenvalue weighted by atomic mass is 10.0. The van der Waals surface area contributed by atoms with Gasteiger partial charge in [-0.1, -0.05) is 44.2 Å². The SMILES string of the molecule is COCC(=O)N1CCCC(=O)N[C@@H](Cc2ccccc2)c2nc(c(C)o2)C(=O)N[C@@H](C(C)C)c2nc(cs2)C(=O)NCC1. The summed E-state index contributed by atoms with van der Waals surface area (Å²) in [6.45, 7) is 6.18. The van der Waals surface area contributed by atoms with Crippen LogP contribution in [0.3, 0.4) is 0 Å². The van der Waals surface area contributed by atoms with Crippen molar-refractivity contribution in [2.75, 3.05) is 33.4 Å². The molecule has 43 heavy (non-hydrogen) atoms. The molecule has 2 aromatic heterocycles. The Balaban J connectivity index is 1.66. The van der Waals surface area contributed by atoms with Crippen LogP contribution in [-0.2, 0) is 20.7 Å². The van der Waals surface area contributed by atoms with Crippen molar-refractivity contribution in [2.45, 2.75) is 52.1 Å². The van der Waals surface area contributed by atoms with Crippen LogP contribution in [0.25, 0.3) is 0 Å². The summed E-state index contributed by atoms with van der Waals surface area (Å²) in [6.07, 6.45) is 0.930. The number of aryl methyl sites for hydroxylation is 1. The molecule has 4 bridgehead atoms. The van der Waals surface area contributed by atoms with Crippen molar-refractivity contribution in [1.29, 1.82) is 0 Å². The average molecular weight is 611 g/mol. The van der Waals surface area contributed by atoms with Crippen LogP contribution in [0.4, 0.5) is 0 Å². The van der Waals surface area contributed by atoms with E-state index in [-0.39, 0.29) is 67.0 Å². The molecule has 0 spiro atoms. The third kappa shape index (κ3) is 8.48. The topological polar surface area (TPSA) is 156 Å². The van der Waals surface area contributed by atoms with Crippen LogP contribution in [0.1, 0.15) is 82.0 Å². The summed E-state index contributed by atoms with van der Waals surface area (Å²) in [5.74, 6) is -0.808. The van der Waals surface area contributed by atoms with E-state index in [2.05, 4.69) is 25.9 Å². The third-order valence-electron chi connectivity index (χ3n) is 7.04. The molecule has 1 aliphatic rings. The van der Waals surface area contributed by atoms with Gasteiger partial charge in [-0.25, -0.2) is 9.97 Å². The van der Waals surface area contributed by atoms with Crippen molar-refractivity contribution < 1.29 is 28.3 Å². The van der Waals surface area contributed by atoms with E-state index >= 15 is 0 Å². The second kappa shape index (κ2) is 14.9. The summed E-state index contributed by atoms with van der Waals surface area (Å²) in [7, 11) is 1.44. The number of rotatable bonds is 5. The first-order chi connectivity index (χ1) is 20.7. The standard InChI is InChI=1S/C30H38N6O6S/c1-18(2)25-30-33-22(17-43-30)27(39)31-12-14-36(24(38)16-41-4)13-8-11-23(37)32-21(15-20-9-6-5-7-10-20)29-35-26(19(3)42-29)28(40)34-25/h5-7,9-10,17-18,21,25H,8,11-16H2,1-4H3,(H,31,39)(H,32,37)(H,34,40)/t21-,25-/m0/s1. The fraction of sp³-hybridized carbons (Fsp3) is 0.467. The van der Waals surface area contributed by atoms with Gasteiger partial charge in [0.2, 0.25) is 17.7 Å². The summed E-state index contributed by atoms with van der Waals surface area (Å²) in [4.78, 5) is 62.6. The Hall–Kier alpha value is -4.10. The van der Waals surface area contributed by atoms with E-state index in [9.17, 15) is 19.2 Å². The number of oxazole rings is 1. The normalized spacial score (nSPS) is 19.0. The number of hydrogen-bond donors (Lipinski definition) is 3. The second-order valence-corrected chi connectivity index (χ2v) is 11.6. The number of aromatic nitrogens is 2. The first kappa shape index (κ1) is 31.8. The lowest BCUT2D eigenvalue weighted by Crippen LogP contribution is -2.41. The highest BCUT2D eigenvalue weighted by Gasteiger charge is 2.29. The zero-order valence-corrected chi connectivity index (χ0v) is 25.7. The van der Waals surface area contributed by atoms with Gasteiger partial charge in [-0.2, -0.15) is 0 Å². The molecule has 0 unspecified atom stereocenters. The van der Waals surface area contributed by atoms with Gasteiger partial charge in [-0.15, -0.1) is 11.3 Å². The Morgan fingerprint density at radius 2 is 1.88 bits per heavy atom. The predicted octanol–water partition coefficient (Wildman–Crippen LogP) is 2.97. The first-order valence-corrected chi connectivity index (χ1v) is 15.2. The van der Waals surface area contributed by atoms with Gasteiger partial charge in [-0.3, -0.25) is 19.2 Å². The first-order valence-electron chi connectivity index (χ1n) is 14.3. The van der Waals surface area contributed by atoms with Gasteiger partial charge in [0.15, 0.2) is 5.69 Å². The van der Waals surface area contributed by atoms with Gasteiger partial charge in [0.05, 0.1) is 6.04 Å². The number of amides is 4. The number of nitrogens with zero attached hydrogens (tertiary/aromatic N) is 3. The van der Waals surface area contributed by atoms with Gasteiger partial charge in [0, 0.05) is 45.0 Å². The van der Waals surface area contributed by atoms with Crippen LogP contribution < -0.4 is 16.0 Å². The van der Waals surface area contributed by atoms with Crippen molar-refractivity contribution in [3.63, 3.8) is 0 Å². The number of thiazole rings is 1. The van der Waals surface area contributed by atoms with Gasteiger partial charge in [0.1, 0.15) is 29.1 Å². The quantitative estimate of drug-likeness (QED) is 0.398. The van der Waals surface area contributed by atoms with Gasteiger partial charge >= 0.3 is 0 Å². The number of nitrogens with one attached hydrogen (secondary N) is 3. The molecule has 0 saturated carbocycles. The lowest BCUT2D eigenvalue weighted by molar-refractivity contribution is -0.135. The number of ether oxygens (including phenoxy) is 1. The molecule has 0 fully saturated rings. The molecule has 2 atom stereocenters. The summed E-state index contributed by atoms with van der Waals surface area (Å²) >= 11 is 1.28. The number of fused-ring (bicyclic) bond motifs is 4. The van der Waals surface area contributed by atoms with Crippen LogP contribution in [-0.4, -0.2) is 71.8 Å². The van der Waals surface area contributed by atoms with Gasteiger partial charge < -0.3 is 30.0 Å². The number of carbonyl (C=O) groups excluding carboxylic acids is 4. The highest BCUT2D eigenvalue weighted by Crippen LogP contribution is 2.27. The van der Waals surface area contributed by atoms with Gasteiger partial charge in [0.25, 0.3) is 11.8 Å². The maximum Gasteiger partial charge on any atom is 0.274 e. The van der Waals surface area contributed by atoms with E-state index in [1.165, 1.54) is 18.4 Å². The van der Waals surface area contributed by atoms with Crippen LogP contribution in [0.2, 0.25) is 0 Å². The minimum atomic E-state index is -0.621. The van der Waals surface area contributed by atoms with Crippen molar-refractivity contribution in [3.8, 4) is 0 Å². The maximum atomic E-state index is 13.4. The van der Waals surface area contributed by atoms with E-state index in [0.717, 1.165) is 5.56 Å². The zero-order valence-electron chi connectivity index (χ0n) is 24.8. The average Bonchev–Trinajstić information content (AvgIpc) is 3.62. The summed E-state index contributed by atoms with van der Waals surface area (Å²) in [5.41, 5.74) is 1.30. The van der Waals surface area contributed by atoms with Crippen LogP contribution in [0.5, 0.6) is 0 Å². The Morgan fingerprint density at radius 1 is 1.12 bits per heavy atom. The third-order valence-corrected chi connectivity index (χ3v) is 7.97. The summed E-state index contributed by atoms with van der Waals surface area (Å²) in [6, 6.07) is 8.52. The molecular weight excluding hydrogens is 572 g/mol. The molecule has 3 heterocycles. The predicted molar refractivity (Wildman–Crippen MR) is 159 cm³/mol. The monoisotopic (exact) mass is 610 g/mol. The highest BCUT2D eigenvalue weighted by atomic mass is 32.1. The molecule has 3 aromatic rings. The lowest BCUT2D eigenvalue weighted by Gasteiger charge is -2.23. The number of methoxy groups -OCH3 is 1. The van der Waals surface area contributed by atoms with Gasteiger partial charge in [-0.05, 0) is 24.8 Å². The highest BCUT2D eigenvalue weighted by molar-refractivity contribution is 7.09. The summed E-state index contributed by atoms with van der Waals surface area (Å²) in [5, 5.41) is 11.0. The molecule has 13 heteroatoms. The molecule has 4 rings (SSSR count). The van der Waals surface area contributed by atoms with Crippen molar-refractivity contribution in [2.24, 2.45) is 5.92 Å². The minimum absolute atomic E-state index is 0.0407. The Morgan fingerprint density at radius 3 is 2.60 bits per heavy atom. The molecule has 1 aromatic carbocycles. The van der Waals surface area contributed by atoms with E-state index in [4.69, 9.17) is 9.15 Å². The molecule has 0 aliphatic carbocycles. The molecular formula is C30H38N6O6S. The molecule has 12 nitrogen and oxygen atoms in total. The minimum Gasteiger partial charge on any atom is -0.443 e. The van der Waals surface area contributed by atoms with Crippen molar-refractivity contribution in [1.82, 2.24) is 30.8 Å². The van der Waals surface area contributed by atoms with Crippen LogP contribution in [0.15, 0.2) is 40.1 Å². The van der Waals surface area contributed by atoms with E-state index in [1.54, 1.807) is 17.2 Å². The van der Waals surface area contributed by atoms with E-state index in [0.29, 0.717) is 30.2 Å². The second-order valence-electron chi connectivity index (χ2n) is 10.7. The van der Waals surface area contributed by atoms with Crippen molar-refractivity contribution in [3.05, 3.63) is 69.3 Å². The van der Waals surface area contributed by atoms with Crippen LogP contribution >= 0.6 is 11.3 Å². The Labute approximate surface area is 254 Å². The molecule has 4 amide bonds. The van der Waals surface area contributed by atoms with E-state index in [1.807, 2.05) is 44.2 Å². The maximum absolute atomic E-state index is 13.4. The zero-order chi connectivity index (χ0) is 30.9. The molecule has 0 radical (unpaired) electrons. The van der Waals surface area contributed by atoms with Crippen LogP contribution in [0, 0.1) is 12.8 Å². The smallest absolute Gasteiger partial charge is 0.274 e. The molecule has 0 saturated heterocycles. The van der Waals surface area contributed by atoms with Crippen molar-refractivity contribution >= 4 is 35.0 Å². The molecule has 1 aliphatic heterocycles. The fourth-order valence-electron chi connectivity index (χ4n) is 4.75. The summed E-state index contributed by atoms with van der Waals surface area (Å²) < 4.78 is 11.0. The Bertz CT molecular complexity index is 1420.